The molecule has 27 heavy (non-hydrogen) atoms. The highest BCUT2D eigenvalue weighted by atomic mass is 35.5. The first-order valence-electron chi connectivity index (χ1n) is 7.96. The summed E-state index contributed by atoms with van der Waals surface area (Å²) >= 11 is 6.04. The van der Waals surface area contributed by atoms with Crippen LogP contribution in [0.15, 0.2) is 71.9 Å². The SMILES string of the molecule is Cc1ccc(NC(=O)c2ccncc2)cc1S(=O)(=O)Nc1ccccc1Cl. The molecular formula is C19H16ClN3O3S. The number of carbonyl (C=O) groups excluding carboxylic acids is 1. The maximum atomic E-state index is 12.8. The van der Waals surface area contributed by atoms with Gasteiger partial charge >= 0.3 is 0 Å². The van der Waals surface area contributed by atoms with E-state index in [1.165, 1.54) is 18.5 Å². The molecule has 8 heteroatoms. The van der Waals surface area contributed by atoms with E-state index in [2.05, 4.69) is 15.0 Å². The maximum absolute atomic E-state index is 12.8. The molecule has 2 aromatic carbocycles. The van der Waals surface area contributed by atoms with Gasteiger partial charge in [0.05, 0.1) is 15.6 Å². The van der Waals surface area contributed by atoms with Crippen molar-refractivity contribution in [1.82, 2.24) is 4.98 Å². The van der Waals surface area contributed by atoms with Crippen LogP contribution in [0.2, 0.25) is 5.02 Å². The molecule has 0 radical (unpaired) electrons. The van der Waals surface area contributed by atoms with Crippen LogP contribution in [0.5, 0.6) is 0 Å². The van der Waals surface area contributed by atoms with E-state index in [9.17, 15) is 13.2 Å². The molecule has 0 fully saturated rings. The second-order valence-electron chi connectivity index (χ2n) is 5.76. The number of sulfonamides is 1. The Morgan fingerprint density at radius 2 is 1.74 bits per heavy atom. The molecule has 3 aromatic rings. The highest BCUT2D eigenvalue weighted by Gasteiger charge is 2.19. The van der Waals surface area contributed by atoms with Crippen LogP contribution >= 0.6 is 11.6 Å². The van der Waals surface area contributed by atoms with E-state index in [0.29, 0.717) is 21.8 Å². The molecule has 0 saturated carbocycles. The molecule has 1 aromatic heterocycles. The summed E-state index contributed by atoms with van der Waals surface area (Å²) in [6.07, 6.45) is 3.01. The summed E-state index contributed by atoms with van der Waals surface area (Å²) in [5.74, 6) is -0.358. The van der Waals surface area contributed by atoms with E-state index < -0.39 is 10.0 Å². The van der Waals surface area contributed by atoms with Crippen LogP contribution in [-0.4, -0.2) is 19.3 Å². The Morgan fingerprint density at radius 1 is 1.04 bits per heavy atom. The Kier molecular flexibility index (Phi) is 5.43. The quantitative estimate of drug-likeness (QED) is 0.673. The minimum atomic E-state index is -3.89. The second kappa shape index (κ2) is 7.77. The van der Waals surface area contributed by atoms with Crippen LogP contribution in [0.1, 0.15) is 15.9 Å². The minimum Gasteiger partial charge on any atom is -0.322 e. The number of pyridine rings is 1. The number of hydrogen-bond donors (Lipinski definition) is 2. The number of aryl methyl sites for hydroxylation is 1. The van der Waals surface area contributed by atoms with E-state index >= 15 is 0 Å². The van der Waals surface area contributed by atoms with Gasteiger partial charge < -0.3 is 5.32 Å². The van der Waals surface area contributed by atoms with Crippen molar-refractivity contribution in [3.8, 4) is 0 Å². The summed E-state index contributed by atoms with van der Waals surface area (Å²) in [4.78, 5) is 16.2. The molecule has 2 N–H and O–H groups in total. The van der Waals surface area contributed by atoms with Crippen molar-refractivity contribution in [3.63, 3.8) is 0 Å². The maximum Gasteiger partial charge on any atom is 0.262 e. The van der Waals surface area contributed by atoms with Gasteiger partial charge in [-0.15, -0.1) is 0 Å². The monoisotopic (exact) mass is 401 g/mol. The Hall–Kier alpha value is -2.90. The van der Waals surface area contributed by atoms with Crippen molar-refractivity contribution in [2.45, 2.75) is 11.8 Å². The van der Waals surface area contributed by atoms with Crippen LogP contribution in [-0.2, 0) is 10.0 Å². The Bertz CT molecular complexity index is 1090. The number of amides is 1. The van der Waals surface area contributed by atoms with Gasteiger partial charge in [-0.3, -0.25) is 14.5 Å². The summed E-state index contributed by atoms with van der Waals surface area (Å²) in [7, 11) is -3.89. The van der Waals surface area contributed by atoms with E-state index in [1.54, 1.807) is 55.5 Å². The number of benzene rings is 2. The standard InChI is InChI=1S/C19H16ClN3O3S/c1-13-6-7-15(22-19(24)14-8-10-21-11-9-14)12-18(13)27(25,26)23-17-5-3-2-4-16(17)20/h2-12,23H,1H3,(H,22,24). The van der Waals surface area contributed by atoms with Crippen molar-refractivity contribution >= 4 is 38.9 Å². The summed E-state index contributed by atoms with van der Waals surface area (Å²) in [6, 6.07) is 14.4. The number of anilines is 2. The molecule has 138 valence electrons. The number of halogens is 1. The normalized spacial score (nSPS) is 11.0. The van der Waals surface area contributed by atoms with Crippen molar-refractivity contribution in [1.29, 1.82) is 0 Å². The number of hydrogen-bond acceptors (Lipinski definition) is 4. The highest BCUT2D eigenvalue weighted by Crippen LogP contribution is 2.27. The fourth-order valence-corrected chi connectivity index (χ4v) is 4.01. The molecule has 0 unspecified atom stereocenters. The lowest BCUT2D eigenvalue weighted by atomic mass is 10.2. The Balaban J connectivity index is 1.89. The molecule has 0 aliphatic rings. The molecule has 3 rings (SSSR count). The lowest BCUT2D eigenvalue weighted by molar-refractivity contribution is 0.102. The number of rotatable bonds is 5. The molecule has 0 spiro atoms. The highest BCUT2D eigenvalue weighted by molar-refractivity contribution is 7.92. The molecular weight excluding hydrogens is 386 g/mol. The molecule has 6 nitrogen and oxygen atoms in total. The van der Waals surface area contributed by atoms with E-state index in [-0.39, 0.29) is 16.5 Å². The topological polar surface area (TPSA) is 88.2 Å². The Labute approximate surface area is 162 Å². The first-order chi connectivity index (χ1) is 12.9. The zero-order valence-electron chi connectivity index (χ0n) is 14.3. The Morgan fingerprint density at radius 3 is 2.44 bits per heavy atom. The van der Waals surface area contributed by atoms with Crippen LogP contribution < -0.4 is 10.0 Å². The van der Waals surface area contributed by atoms with Crippen molar-refractivity contribution in [3.05, 3.63) is 83.1 Å². The first-order valence-corrected chi connectivity index (χ1v) is 9.82. The van der Waals surface area contributed by atoms with Gasteiger partial charge in [-0.25, -0.2) is 8.42 Å². The van der Waals surface area contributed by atoms with Crippen LogP contribution in [0, 0.1) is 6.92 Å². The smallest absolute Gasteiger partial charge is 0.262 e. The fraction of sp³-hybridized carbons (Fsp3) is 0.0526. The van der Waals surface area contributed by atoms with Crippen LogP contribution in [0.3, 0.4) is 0 Å². The lowest BCUT2D eigenvalue weighted by Gasteiger charge is -2.13. The number of nitrogens with zero attached hydrogens (tertiary/aromatic N) is 1. The van der Waals surface area contributed by atoms with Crippen molar-refractivity contribution in [2.75, 3.05) is 10.0 Å². The first kappa shape index (κ1) is 18.9. The summed E-state index contributed by atoms with van der Waals surface area (Å²) in [5.41, 5.74) is 1.60. The van der Waals surface area contributed by atoms with E-state index in [0.717, 1.165) is 0 Å². The largest absolute Gasteiger partial charge is 0.322 e. The lowest BCUT2D eigenvalue weighted by Crippen LogP contribution is -2.16. The molecule has 0 saturated heterocycles. The summed E-state index contributed by atoms with van der Waals surface area (Å²) in [6.45, 7) is 1.68. The van der Waals surface area contributed by atoms with Gasteiger partial charge in [0.2, 0.25) is 0 Å². The predicted octanol–water partition coefficient (Wildman–Crippen LogP) is 4.10. The summed E-state index contributed by atoms with van der Waals surface area (Å²) < 4.78 is 28.1. The van der Waals surface area contributed by atoms with Gasteiger partial charge in [0.25, 0.3) is 15.9 Å². The second-order valence-corrected chi connectivity index (χ2v) is 7.81. The van der Waals surface area contributed by atoms with E-state index in [4.69, 9.17) is 11.6 Å². The van der Waals surface area contributed by atoms with Gasteiger partial charge in [-0.05, 0) is 48.9 Å². The zero-order chi connectivity index (χ0) is 19.4. The zero-order valence-corrected chi connectivity index (χ0v) is 15.9. The van der Waals surface area contributed by atoms with Gasteiger partial charge in [0.15, 0.2) is 0 Å². The molecule has 0 atom stereocenters. The molecule has 1 heterocycles. The molecule has 0 aliphatic carbocycles. The average Bonchev–Trinajstić information content (AvgIpc) is 2.65. The van der Waals surface area contributed by atoms with Crippen LogP contribution in [0.4, 0.5) is 11.4 Å². The number of nitrogens with one attached hydrogen (secondary N) is 2. The predicted molar refractivity (Wildman–Crippen MR) is 106 cm³/mol. The summed E-state index contributed by atoms with van der Waals surface area (Å²) in [5, 5.41) is 2.98. The third-order valence-electron chi connectivity index (χ3n) is 3.80. The van der Waals surface area contributed by atoms with E-state index in [1.807, 2.05) is 0 Å². The van der Waals surface area contributed by atoms with Gasteiger partial charge in [-0.2, -0.15) is 0 Å². The fourth-order valence-electron chi connectivity index (χ4n) is 2.42. The average molecular weight is 402 g/mol. The van der Waals surface area contributed by atoms with Crippen molar-refractivity contribution in [2.24, 2.45) is 0 Å². The van der Waals surface area contributed by atoms with Gasteiger partial charge in [-0.1, -0.05) is 29.8 Å². The third kappa shape index (κ3) is 4.45. The molecule has 0 bridgehead atoms. The number of carbonyl (C=O) groups is 1. The molecule has 1 amide bonds. The van der Waals surface area contributed by atoms with Crippen molar-refractivity contribution < 1.29 is 13.2 Å². The number of para-hydroxylation sites is 1. The number of aromatic nitrogens is 1. The third-order valence-corrected chi connectivity index (χ3v) is 5.63. The van der Waals surface area contributed by atoms with Crippen LogP contribution in [0.25, 0.3) is 0 Å². The minimum absolute atomic E-state index is 0.0509. The van der Waals surface area contributed by atoms with Gasteiger partial charge in [0, 0.05) is 23.6 Å². The van der Waals surface area contributed by atoms with Gasteiger partial charge in [0.1, 0.15) is 0 Å². The molecule has 0 aliphatic heterocycles.